The summed E-state index contributed by atoms with van der Waals surface area (Å²) >= 11 is 1.60. The van der Waals surface area contributed by atoms with Gasteiger partial charge in [0.1, 0.15) is 0 Å². The van der Waals surface area contributed by atoms with Gasteiger partial charge in [-0.25, -0.2) is 9.78 Å². The van der Waals surface area contributed by atoms with Gasteiger partial charge in [0, 0.05) is 43.0 Å². The molecule has 3 heterocycles. The third-order valence-electron chi connectivity index (χ3n) is 4.64. The fourth-order valence-corrected chi connectivity index (χ4v) is 3.92. The average Bonchev–Trinajstić information content (AvgIpc) is 3.15. The first-order chi connectivity index (χ1) is 13.2. The Kier molecular flexibility index (Phi) is 5.13. The van der Waals surface area contributed by atoms with E-state index in [4.69, 9.17) is 0 Å². The average molecular weight is 379 g/mol. The van der Waals surface area contributed by atoms with Crippen molar-refractivity contribution in [2.75, 3.05) is 25.0 Å². The molecule has 1 unspecified atom stereocenters. The van der Waals surface area contributed by atoms with Crippen LogP contribution >= 0.6 is 11.3 Å². The van der Waals surface area contributed by atoms with E-state index in [2.05, 4.69) is 20.6 Å². The summed E-state index contributed by atoms with van der Waals surface area (Å²) in [6.45, 7) is 4.11. The molecule has 0 spiro atoms. The number of pyridine rings is 1. The number of amides is 2. The molecule has 1 aliphatic rings. The first-order valence-corrected chi connectivity index (χ1v) is 9.80. The van der Waals surface area contributed by atoms with E-state index >= 15 is 0 Å². The maximum Gasteiger partial charge on any atom is 0.322 e. The minimum absolute atomic E-state index is 0.0406. The maximum atomic E-state index is 13.1. The summed E-state index contributed by atoms with van der Waals surface area (Å²) in [5, 5.41) is 9.48. The summed E-state index contributed by atoms with van der Waals surface area (Å²) in [4.78, 5) is 23.7. The van der Waals surface area contributed by atoms with Gasteiger partial charge in [-0.05, 0) is 24.6 Å². The number of benzene rings is 1. The van der Waals surface area contributed by atoms with Crippen molar-refractivity contribution in [2.45, 2.75) is 13.0 Å². The highest BCUT2D eigenvalue weighted by Gasteiger charge is 2.28. The molecule has 1 atom stereocenters. The molecule has 27 heavy (non-hydrogen) atoms. The zero-order valence-corrected chi connectivity index (χ0v) is 15.9. The summed E-state index contributed by atoms with van der Waals surface area (Å²) in [6.07, 6.45) is 3.57. The van der Waals surface area contributed by atoms with Gasteiger partial charge in [-0.2, -0.15) is 0 Å². The van der Waals surface area contributed by atoms with Gasteiger partial charge in [0.15, 0.2) is 0 Å². The first-order valence-electron chi connectivity index (χ1n) is 8.92. The van der Waals surface area contributed by atoms with E-state index in [0.29, 0.717) is 13.1 Å². The molecule has 2 amide bonds. The molecule has 7 heteroatoms. The van der Waals surface area contributed by atoms with E-state index in [0.717, 1.165) is 34.1 Å². The van der Waals surface area contributed by atoms with Crippen LogP contribution in [0.3, 0.4) is 0 Å². The molecule has 6 nitrogen and oxygen atoms in total. The van der Waals surface area contributed by atoms with Crippen molar-refractivity contribution in [3.05, 3.63) is 64.7 Å². The molecule has 1 aromatic carbocycles. The van der Waals surface area contributed by atoms with Crippen LogP contribution in [0.2, 0.25) is 0 Å². The van der Waals surface area contributed by atoms with Crippen LogP contribution in [-0.2, 0) is 0 Å². The van der Waals surface area contributed by atoms with Crippen LogP contribution in [0.25, 0.3) is 11.3 Å². The standard InChI is InChI=1S/C20H21N5OS/c1-14-23-18(13-27-14)16-6-2-3-7-17(16)24-20(26)25-10-9-22-12-19(25)15-5-4-8-21-11-15/h2-8,11,13,19,22H,9-10,12H2,1H3,(H,24,26). The van der Waals surface area contributed by atoms with Crippen LogP contribution in [0.15, 0.2) is 54.2 Å². The quantitative estimate of drug-likeness (QED) is 0.728. The highest BCUT2D eigenvalue weighted by atomic mass is 32.1. The van der Waals surface area contributed by atoms with E-state index < -0.39 is 0 Å². The molecule has 138 valence electrons. The lowest BCUT2D eigenvalue weighted by Gasteiger charge is -2.36. The van der Waals surface area contributed by atoms with Crippen LogP contribution in [0.1, 0.15) is 16.6 Å². The number of hydrogen-bond donors (Lipinski definition) is 2. The molecule has 0 radical (unpaired) electrons. The number of rotatable bonds is 3. The van der Waals surface area contributed by atoms with Crippen molar-refractivity contribution in [1.29, 1.82) is 0 Å². The van der Waals surface area contributed by atoms with Crippen LogP contribution in [0.4, 0.5) is 10.5 Å². The summed E-state index contributed by atoms with van der Waals surface area (Å²) in [5.74, 6) is 0. The number of aromatic nitrogens is 2. The third kappa shape index (κ3) is 3.84. The van der Waals surface area contributed by atoms with Gasteiger partial charge < -0.3 is 15.5 Å². The second kappa shape index (κ2) is 7.85. The second-order valence-electron chi connectivity index (χ2n) is 6.43. The molecule has 1 saturated heterocycles. The molecule has 2 N–H and O–H groups in total. The number of para-hydroxylation sites is 1. The zero-order chi connectivity index (χ0) is 18.6. The molecule has 0 saturated carbocycles. The van der Waals surface area contributed by atoms with Crippen molar-refractivity contribution in [3.63, 3.8) is 0 Å². The number of aryl methyl sites for hydroxylation is 1. The Bertz CT molecular complexity index is 927. The zero-order valence-electron chi connectivity index (χ0n) is 15.1. The topological polar surface area (TPSA) is 70.2 Å². The monoisotopic (exact) mass is 379 g/mol. The Balaban J connectivity index is 1.58. The van der Waals surface area contributed by atoms with E-state index in [1.54, 1.807) is 17.5 Å². The van der Waals surface area contributed by atoms with E-state index in [-0.39, 0.29) is 12.1 Å². The van der Waals surface area contributed by atoms with Crippen LogP contribution in [0, 0.1) is 6.92 Å². The smallest absolute Gasteiger partial charge is 0.315 e. The Morgan fingerprint density at radius 2 is 2.19 bits per heavy atom. The Hall–Kier alpha value is -2.77. The lowest BCUT2D eigenvalue weighted by atomic mass is 10.1. The molecule has 2 aromatic heterocycles. The Morgan fingerprint density at radius 3 is 2.96 bits per heavy atom. The molecule has 1 aliphatic heterocycles. The number of carbonyl (C=O) groups excluding carboxylic acids is 1. The van der Waals surface area contributed by atoms with Crippen molar-refractivity contribution < 1.29 is 4.79 Å². The number of piperazine rings is 1. The fourth-order valence-electron chi connectivity index (χ4n) is 3.31. The summed E-state index contributed by atoms with van der Waals surface area (Å²) in [5.41, 5.74) is 3.63. The summed E-state index contributed by atoms with van der Waals surface area (Å²) in [6, 6.07) is 11.6. The number of anilines is 1. The summed E-state index contributed by atoms with van der Waals surface area (Å²) < 4.78 is 0. The third-order valence-corrected chi connectivity index (χ3v) is 5.41. The largest absolute Gasteiger partial charge is 0.322 e. The number of nitrogens with zero attached hydrogens (tertiary/aromatic N) is 3. The predicted octanol–water partition coefficient (Wildman–Crippen LogP) is 3.69. The molecular formula is C20H21N5OS. The van der Waals surface area contributed by atoms with E-state index in [1.165, 1.54) is 0 Å². The number of nitrogens with one attached hydrogen (secondary N) is 2. The minimum atomic E-state index is -0.107. The lowest BCUT2D eigenvalue weighted by molar-refractivity contribution is 0.171. The van der Waals surface area contributed by atoms with Crippen molar-refractivity contribution in [2.24, 2.45) is 0 Å². The normalized spacial score (nSPS) is 16.9. The molecular weight excluding hydrogens is 358 g/mol. The van der Waals surface area contributed by atoms with Gasteiger partial charge in [-0.3, -0.25) is 4.98 Å². The predicted molar refractivity (Wildman–Crippen MR) is 108 cm³/mol. The molecule has 4 rings (SSSR count). The van der Waals surface area contributed by atoms with Gasteiger partial charge in [0.25, 0.3) is 0 Å². The molecule has 0 aliphatic carbocycles. The molecule has 1 fully saturated rings. The van der Waals surface area contributed by atoms with E-state index in [1.807, 2.05) is 59.8 Å². The SMILES string of the molecule is Cc1nc(-c2ccccc2NC(=O)N2CCNCC2c2cccnc2)cs1. The van der Waals surface area contributed by atoms with Crippen molar-refractivity contribution >= 4 is 23.1 Å². The number of hydrogen-bond acceptors (Lipinski definition) is 5. The van der Waals surface area contributed by atoms with Crippen molar-refractivity contribution in [1.82, 2.24) is 20.2 Å². The van der Waals surface area contributed by atoms with Crippen LogP contribution in [-0.4, -0.2) is 40.5 Å². The summed E-state index contributed by atoms with van der Waals surface area (Å²) in [7, 11) is 0. The number of thiazole rings is 1. The minimum Gasteiger partial charge on any atom is -0.315 e. The highest BCUT2D eigenvalue weighted by molar-refractivity contribution is 7.09. The number of urea groups is 1. The second-order valence-corrected chi connectivity index (χ2v) is 7.49. The van der Waals surface area contributed by atoms with E-state index in [9.17, 15) is 4.79 Å². The van der Waals surface area contributed by atoms with Crippen LogP contribution < -0.4 is 10.6 Å². The lowest BCUT2D eigenvalue weighted by Crippen LogP contribution is -2.50. The highest BCUT2D eigenvalue weighted by Crippen LogP contribution is 2.30. The maximum absolute atomic E-state index is 13.1. The first kappa shape index (κ1) is 17.6. The van der Waals surface area contributed by atoms with Gasteiger partial charge in [-0.15, -0.1) is 11.3 Å². The molecule has 0 bridgehead atoms. The fraction of sp³-hybridized carbons (Fsp3) is 0.250. The van der Waals surface area contributed by atoms with Gasteiger partial charge >= 0.3 is 6.03 Å². The Labute approximate surface area is 162 Å². The van der Waals surface area contributed by atoms with Crippen molar-refractivity contribution in [3.8, 4) is 11.3 Å². The Morgan fingerprint density at radius 1 is 1.30 bits per heavy atom. The van der Waals surface area contributed by atoms with Gasteiger partial charge in [-0.1, -0.05) is 24.3 Å². The van der Waals surface area contributed by atoms with Gasteiger partial charge in [0.2, 0.25) is 0 Å². The van der Waals surface area contributed by atoms with Crippen LogP contribution in [0.5, 0.6) is 0 Å². The molecule has 3 aromatic rings. The van der Waals surface area contributed by atoms with Gasteiger partial charge in [0.05, 0.1) is 22.4 Å². The number of carbonyl (C=O) groups is 1.